The lowest BCUT2D eigenvalue weighted by Crippen LogP contribution is -2.50. The number of likely N-dealkylation sites (N-methyl/N-ethyl adjacent to an activating group) is 1. The smallest absolute Gasteiger partial charge is 0.243 e. The standard InChI is InChI=1S/C28H32N2O2/c1-3-29-28(32)26(20-24-10-6-4-7-11-24)30(21-25-12-8-5-9-13-25)27(31)19-18-23-16-14-22(2)15-17-23/h4-17,26H,3,18-21H2,1-2H3,(H,29,32). The second-order valence-electron chi connectivity index (χ2n) is 8.09. The second-order valence-corrected chi connectivity index (χ2v) is 8.09. The maximum atomic E-state index is 13.5. The summed E-state index contributed by atoms with van der Waals surface area (Å²) in [5.74, 6) is -0.127. The van der Waals surface area contributed by atoms with Crippen molar-refractivity contribution < 1.29 is 9.59 Å². The quantitative estimate of drug-likeness (QED) is 0.509. The topological polar surface area (TPSA) is 49.4 Å². The predicted octanol–water partition coefficient (Wildman–Crippen LogP) is 4.70. The van der Waals surface area contributed by atoms with E-state index in [0.29, 0.717) is 32.4 Å². The van der Waals surface area contributed by atoms with Crippen molar-refractivity contribution in [3.63, 3.8) is 0 Å². The Morgan fingerprint density at radius 2 is 1.41 bits per heavy atom. The maximum Gasteiger partial charge on any atom is 0.243 e. The van der Waals surface area contributed by atoms with E-state index in [-0.39, 0.29) is 11.8 Å². The van der Waals surface area contributed by atoms with Crippen molar-refractivity contribution in [2.75, 3.05) is 6.54 Å². The molecule has 3 aromatic carbocycles. The molecule has 0 aliphatic heterocycles. The van der Waals surface area contributed by atoms with Crippen LogP contribution in [0.2, 0.25) is 0 Å². The van der Waals surface area contributed by atoms with Gasteiger partial charge in [0.2, 0.25) is 11.8 Å². The van der Waals surface area contributed by atoms with Gasteiger partial charge in [-0.2, -0.15) is 0 Å². The molecule has 32 heavy (non-hydrogen) atoms. The Balaban J connectivity index is 1.85. The monoisotopic (exact) mass is 428 g/mol. The first kappa shape index (κ1) is 23.3. The Labute approximate surface area is 191 Å². The van der Waals surface area contributed by atoms with Gasteiger partial charge in [-0.3, -0.25) is 9.59 Å². The van der Waals surface area contributed by atoms with Gasteiger partial charge in [-0.1, -0.05) is 90.5 Å². The molecule has 0 saturated carbocycles. The van der Waals surface area contributed by atoms with Gasteiger partial charge in [0, 0.05) is 25.9 Å². The summed E-state index contributed by atoms with van der Waals surface area (Å²) in [5, 5.41) is 2.93. The summed E-state index contributed by atoms with van der Waals surface area (Å²) < 4.78 is 0. The molecular formula is C28H32N2O2. The lowest BCUT2D eigenvalue weighted by atomic mass is 10.0. The van der Waals surface area contributed by atoms with E-state index < -0.39 is 6.04 Å². The molecule has 4 nitrogen and oxygen atoms in total. The molecule has 0 radical (unpaired) electrons. The molecule has 4 heteroatoms. The minimum Gasteiger partial charge on any atom is -0.355 e. The summed E-state index contributed by atoms with van der Waals surface area (Å²) in [6.07, 6.45) is 1.49. The van der Waals surface area contributed by atoms with Gasteiger partial charge in [0.15, 0.2) is 0 Å². The molecule has 0 fully saturated rings. The van der Waals surface area contributed by atoms with Crippen LogP contribution in [-0.4, -0.2) is 29.3 Å². The van der Waals surface area contributed by atoms with Gasteiger partial charge >= 0.3 is 0 Å². The maximum absolute atomic E-state index is 13.5. The third-order valence-electron chi connectivity index (χ3n) is 5.57. The van der Waals surface area contributed by atoms with E-state index in [0.717, 1.165) is 16.7 Å². The fraction of sp³-hybridized carbons (Fsp3) is 0.286. The average molecular weight is 429 g/mol. The number of hydrogen-bond donors (Lipinski definition) is 1. The van der Waals surface area contributed by atoms with Crippen molar-refractivity contribution in [2.24, 2.45) is 0 Å². The third-order valence-corrected chi connectivity index (χ3v) is 5.57. The molecule has 0 spiro atoms. The van der Waals surface area contributed by atoms with Gasteiger partial charge in [-0.25, -0.2) is 0 Å². The number of aryl methyl sites for hydroxylation is 2. The highest BCUT2D eigenvalue weighted by Crippen LogP contribution is 2.17. The summed E-state index contributed by atoms with van der Waals surface area (Å²) in [6.45, 7) is 4.89. The zero-order valence-corrected chi connectivity index (χ0v) is 19.0. The van der Waals surface area contributed by atoms with Crippen LogP contribution in [0.15, 0.2) is 84.9 Å². The molecule has 3 aromatic rings. The van der Waals surface area contributed by atoms with Crippen LogP contribution in [-0.2, 0) is 29.0 Å². The van der Waals surface area contributed by atoms with Crippen molar-refractivity contribution in [3.05, 3.63) is 107 Å². The van der Waals surface area contributed by atoms with Crippen LogP contribution >= 0.6 is 0 Å². The van der Waals surface area contributed by atoms with Gasteiger partial charge in [0.25, 0.3) is 0 Å². The number of carbonyl (C=O) groups excluding carboxylic acids is 2. The van der Waals surface area contributed by atoms with E-state index in [9.17, 15) is 9.59 Å². The number of nitrogens with one attached hydrogen (secondary N) is 1. The summed E-state index contributed by atoms with van der Waals surface area (Å²) in [5.41, 5.74) is 4.37. The van der Waals surface area contributed by atoms with Crippen molar-refractivity contribution in [1.29, 1.82) is 0 Å². The lowest BCUT2D eigenvalue weighted by molar-refractivity contribution is -0.141. The molecule has 0 heterocycles. The molecule has 1 N–H and O–H groups in total. The Hall–Kier alpha value is -3.40. The minimum absolute atomic E-state index is 0.0124. The van der Waals surface area contributed by atoms with Crippen LogP contribution in [0.5, 0.6) is 0 Å². The van der Waals surface area contributed by atoms with Crippen molar-refractivity contribution in [1.82, 2.24) is 10.2 Å². The molecule has 1 unspecified atom stereocenters. The Morgan fingerprint density at radius 1 is 0.812 bits per heavy atom. The van der Waals surface area contributed by atoms with E-state index in [1.165, 1.54) is 5.56 Å². The van der Waals surface area contributed by atoms with Gasteiger partial charge in [-0.05, 0) is 37.0 Å². The van der Waals surface area contributed by atoms with E-state index in [1.54, 1.807) is 4.90 Å². The third kappa shape index (κ3) is 6.81. The first-order chi connectivity index (χ1) is 15.6. The molecule has 1 atom stereocenters. The lowest BCUT2D eigenvalue weighted by Gasteiger charge is -2.31. The van der Waals surface area contributed by atoms with Crippen LogP contribution in [0.4, 0.5) is 0 Å². The summed E-state index contributed by atoms with van der Waals surface area (Å²) >= 11 is 0. The summed E-state index contributed by atoms with van der Waals surface area (Å²) in [6, 6.07) is 27.5. The van der Waals surface area contributed by atoms with E-state index in [2.05, 4.69) is 36.5 Å². The highest BCUT2D eigenvalue weighted by Gasteiger charge is 2.29. The summed E-state index contributed by atoms with van der Waals surface area (Å²) in [7, 11) is 0. The van der Waals surface area contributed by atoms with Gasteiger partial charge in [0.05, 0.1) is 0 Å². The van der Waals surface area contributed by atoms with Gasteiger partial charge < -0.3 is 10.2 Å². The van der Waals surface area contributed by atoms with Gasteiger partial charge in [-0.15, -0.1) is 0 Å². The van der Waals surface area contributed by atoms with Crippen molar-refractivity contribution in [2.45, 2.75) is 45.7 Å². The van der Waals surface area contributed by atoms with Crippen LogP contribution in [0.25, 0.3) is 0 Å². The number of carbonyl (C=O) groups is 2. The molecule has 0 aliphatic carbocycles. The van der Waals surface area contributed by atoms with Crippen molar-refractivity contribution in [3.8, 4) is 0 Å². The molecule has 0 aliphatic rings. The number of nitrogens with zero attached hydrogens (tertiary/aromatic N) is 1. The normalized spacial score (nSPS) is 11.6. The molecule has 0 saturated heterocycles. The first-order valence-electron chi connectivity index (χ1n) is 11.3. The number of amides is 2. The molecular weight excluding hydrogens is 396 g/mol. The number of rotatable bonds is 10. The predicted molar refractivity (Wildman–Crippen MR) is 129 cm³/mol. The van der Waals surface area contributed by atoms with Crippen LogP contribution in [0, 0.1) is 6.92 Å². The highest BCUT2D eigenvalue weighted by molar-refractivity contribution is 5.88. The number of hydrogen-bond acceptors (Lipinski definition) is 2. The molecule has 0 aromatic heterocycles. The molecule has 166 valence electrons. The van der Waals surface area contributed by atoms with Crippen LogP contribution < -0.4 is 5.32 Å². The van der Waals surface area contributed by atoms with E-state index in [4.69, 9.17) is 0 Å². The average Bonchev–Trinajstić information content (AvgIpc) is 2.82. The van der Waals surface area contributed by atoms with E-state index in [1.807, 2.05) is 67.6 Å². The molecule has 3 rings (SSSR count). The Kier molecular flexibility index (Phi) is 8.61. The summed E-state index contributed by atoms with van der Waals surface area (Å²) in [4.78, 5) is 28.3. The fourth-order valence-corrected chi connectivity index (χ4v) is 3.78. The fourth-order valence-electron chi connectivity index (χ4n) is 3.78. The molecule has 0 bridgehead atoms. The minimum atomic E-state index is -0.567. The van der Waals surface area contributed by atoms with Gasteiger partial charge in [0.1, 0.15) is 6.04 Å². The number of benzene rings is 3. The SMILES string of the molecule is CCNC(=O)C(Cc1ccccc1)N(Cc1ccccc1)C(=O)CCc1ccc(C)cc1. The first-order valence-corrected chi connectivity index (χ1v) is 11.3. The van der Waals surface area contributed by atoms with E-state index >= 15 is 0 Å². The molecule has 2 amide bonds. The van der Waals surface area contributed by atoms with Crippen molar-refractivity contribution >= 4 is 11.8 Å². The van der Waals surface area contributed by atoms with Crippen LogP contribution in [0.1, 0.15) is 35.6 Å². The van der Waals surface area contributed by atoms with Crippen LogP contribution in [0.3, 0.4) is 0 Å². The Morgan fingerprint density at radius 3 is 2.00 bits per heavy atom. The zero-order valence-electron chi connectivity index (χ0n) is 19.0. The second kappa shape index (κ2) is 11.8. The highest BCUT2D eigenvalue weighted by atomic mass is 16.2. The largest absolute Gasteiger partial charge is 0.355 e. The Bertz CT molecular complexity index is 985. The zero-order chi connectivity index (χ0) is 22.8.